The number of primary sulfonamides is 1. The van der Waals surface area contributed by atoms with Gasteiger partial charge in [-0.15, -0.1) is 0 Å². The Kier molecular flexibility index (Phi) is 7.52. The molecule has 0 radical (unpaired) electrons. The van der Waals surface area contributed by atoms with Gasteiger partial charge >= 0.3 is 0 Å². The highest BCUT2D eigenvalue weighted by Crippen LogP contribution is 2.31. The summed E-state index contributed by atoms with van der Waals surface area (Å²) in [6.45, 7) is 0. The third-order valence-corrected chi connectivity index (χ3v) is 6.91. The smallest absolute Gasteiger partial charge is 0.238 e. The van der Waals surface area contributed by atoms with Crippen molar-refractivity contribution in [3.8, 4) is 0 Å². The van der Waals surface area contributed by atoms with E-state index in [2.05, 4.69) is 5.32 Å². The minimum atomic E-state index is -3.81. The monoisotopic (exact) mass is 516 g/mol. The zero-order valence-electron chi connectivity index (χ0n) is 15.8. The second kappa shape index (κ2) is 9.77. The van der Waals surface area contributed by atoms with Gasteiger partial charge in [0.15, 0.2) is 5.78 Å². The van der Waals surface area contributed by atoms with E-state index in [-0.39, 0.29) is 22.1 Å². The number of carbonyl (C=O) groups is 1. The van der Waals surface area contributed by atoms with E-state index >= 15 is 0 Å². The third-order valence-electron chi connectivity index (χ3n) is 4.50. The molecule has 10 heteroatoms. The molecule has 0 aromatic heterocycles. The van der Waals surface area contributed by atoms with Gasteiger partial charge < -0.3 is 5.32 Å². The first-order valence-electron chi connectivity index (χ1n) is 8.87. The van der Waals surface area contributed by atoms with Crippen molar-refractivity contribution in [3.05, 3.63) is 91.9 Å². The number of ketones is 1. The molecule has 3 rings (SSSR count). The van der Waals surface area contributed by atoms with Crippen molar-refractivity contribution in [2.24, 2.45) is 5.14 Å². The number of carbonyl (C=O) groups excluding carboxylic acids is 1. The molecule has 0 amide bonds. The van der Waals surface area contributed by atoms with Crippen molar-refractivity contribution in [1.82, 2.24) is 0 Å². The van der Waals surface area contributed by atoms with E-state index in [4.69, 9.17) is 51.5 Å². The van der Waals surface area contributed by atoms with Gasteiger partial charge in [0.25, 0.3) is 0 Å². The van der Waals surface area contributed by atoms with Crippen LogP contribution in [0.3, 0.4) is 0 Å². The summed E-state index contributed by atoms with van der Waals surface area (Å²) in [5.41, 5.74) is 1.72. The highest BCUT2D eigenvalue weighted by atomic mass is 35.5. The normalized spacial score (nSPS) is 12.4. The minimum Gasteiger partial charge on any atom is -0.378 e. The number of hydrogen-bond donors (Lipinski definition) is 2. The van der Waals surface area contributed by atoms with Crippen LogP contribution in [0, 0.1) is 0 Å². The molecule has 1 atom stereocenters. The van der Waals surface area contributed by atoms with Gasteiger partial charge in [-0.25, -0.2) is 13.6 Å². The Bertz CT molecular complexity index is 1230. The Hall–Kier alpha value is -1.80. The van der Waals surface area contributed by atoms with E-state index < -0.39 is 16.1 Å². The van der Waals surface area contributed by atoms with Crippen LogP contribution >= 0.6 is 46.4 Å². The van der Waals surface area contributed by atoms with E-state index in [0.717, 1.165) is 5.56 Å². The number of Topliss-reactive ketones (excluding diaryl/α,β-unsaturated/α-hetero) is 1. The van der Waals surface area contributed by atoms with E-state index in [1.54, 1.807) is 42.5 Å². The fraction of sp³-hybridized carbons (Fsp3) is 0.0952. The molecule has 31 heavy (non-hydrogen) atoms. The number of nitrogens with two attached hydrogens (primary N) is 1. The first-order valence-corrected chi connectivity index (χ1v) is 11.9. The maximum atomic E-state index is 12.9. The van der Waals surface area contributed by atoms with Crippen LogP contribution in [0.1, 0.15) is 28.4 Å². The maximum Gasteiger partial charge on any atom is 0.238 e. The highest BCUT2D eigenvalue weighted by Gasteiger charge is 2.19. The first-order chi connectivity index (χ1) is 14.5. The van der Waals surface area contributed by atoms with E-state index in [0.29, 0.717) is 26.3 Å². The molecule has 0 bridgehead atoms. The summed E-state index contributed by atoms with van der Waals surface area (Å²) in [7, 11) is -3.81. The lowest BCUT2D eigenvalue weighted by Gasteiger charge is -2.21. The molecule has 162 valence electrons. The second-order valence-electron chi connectivity index (χ2n) is 6.70. The molecule has 0 saturated carbocycles. The summed E-state index contributed by atoms with van der Waals surface area (Å²) in [5.74, 6) is -0.178. The molecule has 3 N–H and O–H groups in total. The number of rotatable bonds is 7. The van der Waals surface area contributed by atoms with Crippen molar-refractivity contribution in [1.29, 1.82) is 0 Å². The molecule has 5 nitrogen and oxygen atoms in total. The molecular formula is C21H16Cl4N2O3S. The summed E-state index contributed by atoms with van der Waals surface area (Å²) in [6.07, 6.45) is 0.0624. The van der Waals surface area contributed by atoms with Crippen molar-refractivity contribution >= 4 is 67.9 Å². The largest absolute Gasteiger partial charge is 0.378 e. The van der Waals surface area contributed by atoms with Crippen LogP contribution in [-0.2, 0) is 10.0 Å². The van der Waals surface area contributed by atoms with Gasteiger partial charge in [-0.1, -0.05) is 52.5 Å². The number of sulfonamides is 1. The lowest BCUT2D eigenvalue weighted by Crippen LogP contribution is -2.16. The topological polar surface area (TPSA) is 89.3 Å². The van der Waals surface area contributed by atoms with Gasteiger partial charge in [0.2, 0.25) is 10.0 Å². The Morgan fingerprint density at radius 3 is 1.97 bits per heavy atom. The van der Waals surface area contributed by atoms with Gasteiger partial charge in [-0.3, -0.25) is 4.79 Å². The second-order valence-corrected chi connectivity index (χ2v) is 9.89. The molecule has 0 aliphatic rings. The Morgan fingerprint density at radius 2 is 1.42 bits per heavy atom. The molecule has 0 heterocycles. The zero-order valence-corrected chi connectivity index (χ0v) is 19.6. The van der Waals surface area contributed by atoms with Crippen LogP contribution in [0.2, 0.25) is 20.1 Å². The molecule has 0 spiro atoms. The minimum absolute atomic E-state index is 0.0176. The van der Waals surface area contributed by atoms with Gasteiger partial charge in [-0.05, 0) is 60.2 Å². The van der Waals surface area contributed by atoms with Gasteiger partial charge in [0.1, 0.15) is 0 Å². The molecule has 3 aromatic rings. The van der Waals surface area contributed by atoms with Crippen LogP contribution in [0.5, 0.6) is 0 Å². The summed E-state index contributed by atoms with van der Waals surface area (Å²) in [6, 6.07) is 15.1. The average Bonchev–Trinajstić information content (AvgIpc) is 2.71. The predicted octanol–water partition coefficient (Wildman–Crippen LogP) is 6.37. The SMILES string of the molecule is NS(=O)(=O)c1ccc(NC(CC(=O)c2ccc(Cl)c(Cl)c2)c2ccc(Cl)c(Cl)c2)cc1. The molecule has 0 aliphatic carbocycles. The fourth-order valence-electron chi connectivity index (χ4n) is 2.90. The standard InChI is InChI=1S/C21H16Cl4N2O3S/c22-16-7-1-12(9-18(16)24)20(11-21(28)13-2-8-17(23)19(25)10-13)27-14-3-5-15(6-4-14)31(26,29)30/h1-10,20,27H,11H2,(H2,26,29,30). The van der Waals surface area contributed by atoms with Crippen LogP contribution in [0.25, 0.3) is 0 Å². The Balaban J connectivity index is 1.91. The van der Waals surface area contributed by atoms with Crippen LogP contribution in [0.4, 0.5) is 5.69 Å². The van der Waals surface area contributed by atoms with Crippen molar-refractivity contribution < 1.29 is 13.2 Å². The average molecular weight is 518 g/mol. The van der Waals surface area contributed by atoms with Gasteiger partial charge in [-0.2, -0.15) is 0 Å². The number of halogens is 4. The van der Waals surface area contributed by atoms with Gasteiger partial charge in [0.05, 0.1) is 31.0 Å². The molecule has 0 aliphatic heterocycles. The number of benzene rings is 3. The summed E-state index contributed by atoms with van der Waals surface area (Å²) in [5, 5.41) is 9.74. The highest BCUT2D eigenvalue weighted by molar-refractivity contribution is 7.89. The molecular weight excluding hydrogens is 502 g/mol. The van der Waals surface area contributed by atoms with Crippen LogP contribution in [-0.4, -0.2) is 14.2 Å². The van der Waals surface area contributed by atoms with Crippen molar-refractivity contribution in [2.45, 2.75) is 17.4 Å². The third kappa shape index (κ3) is 6.13. The number of nitrogens with one attached hydrogen (secondary N) is 1. The van der Waals surface area contributed by atoms with Crippen molar-refractivity contribution in [3.63, 3.8) is 0 Å². The summed E-state index contributed by atoms with van der Waals surface area (Å²) in [4.78, 5) is 12.9. The quantitative estimate of drug-likeness (QED) is 0.356. The summed E-state index contributed by atoms with van der Waals surface area (Å²) >= 11 is 24.2. The van der Waals surface area contributed by atoms with Crippen molar-refractivity contribution in [2.75, 3.05) is 5.32 Å². The lowest BCUT2D eigenvalue weighted by atomic mass is 9.97. The molecule has 0 saturated heterocycles. The molecule has 1 unspecified atom stereocenters. The fourth-order valence-corrected chi connectivity index (χ4v) is 4.02. The van der Waals surface area contributed by atoms with E-state index in [1.807, 2.05) is 0 Å². The predicted molar refractivity (Wildman–Crippen MR) is 126 cm³/mol. The van der Waals surface area contributed by atoms with Gasteiger partial charge in [0, 0.05) is 17.7 Å². The summed E-state index contributed by atoms with van der Waals surface area (Å²) < 4.78 is 23.0. The van der Waals surface area contributed by atoms with Crippen LogP contribution in [0.15, 0.2) is 65.6 Å². The number of hydrogen-bond acceptors (Lipinski definition) is 4. The Labute approximate surface area is 200 Å². The lowest BCUT2D eigenvalue weighted by molar-refractivity contribution is 0.0976. The Morgan fingerprint density at radius 1 is 0.839 bits per heavy atom. The molecule has 0 fully saturated rings. The van der Waals surface area contributed by atoms with Crippen LogP contribution < -0.4 is 10.5 Å². The zero-order chi connectivity index (χ0) is 22.8. The number of anilines is 1. The van der Waals surface area contributed by atoms with E-state index in [1.165, 1.54) is 18.2 Å². The maximum absolute atomic E-state index is 12.9. The van der Waals surface area contributed by atoms with E-state index in [9.17, 15) is 13.2 Å². The molecule has 3 aromatic carbocycles. The first kappa shape index (κ1) is 23.9.